The number of pyridine rings is 1. The predicted octanol–water partition coefficient (Wildman–Crippen LogP) is 2.32. The van der Waals surface area contributed by atoms with E-state index in [-0.39, 0.29) is 22.2 Å². The fraction of sp³-hybridized carbons (Fsp3) is 0.417. The Balaban J connectivity index is 2.78. The highest BCUT2D eigenvalue weighted by Gasteiger charge is 2.48. The van der Waals surface area contributed by atoms with E-state index in [0.717, 1.165) is 18.0 Å². The van der Waals surface area contributed by atoms with Gasteiger partial charge in [-0.1, -0.05) is 11.8 Å². The first-order valence-electron chi connectivity index (χ1n) is 6.45. The molecule has 0 atom stereocenters. The monoisotopic (exact) mass is 383 g/mol. The molecule has 0 bridgehead atoms. The van der Waals surface area contributed by atoms with Crippen LogP contribution in [0.1, 0.15) is 19.9 Å². The van der Waals surface area contributed by atoms with Crippen LogP contribution in [-0.2, 0) is 10.1 Å². The lowest BCUT2D eigenvalue weighted by Gasteiger charge is -2.16. The maximum Gasteiger partial charge on any atom is 0.534 e. The minimum Gasteiger partial charge on any atom is -0.375 e. The quantitative estimate of drug-likeness (QED) is 0.346. The smallest absolute Gasteiger partial charge is 0.375 e. The average Bonchev–Trinajstić information content (AvgIpc) is 2.44. The number of hydrogen-bond acceptors (Lipinski definition) is 7. The first-order chi connectivity index (χ1) is 11.0. The Morgan fingerprint density at radius 1 is 1.33 bits per heavy atom. The highest BCUT2D eigenvalue weighted by atomic mass is 32.2. The van der Waals surface area contributed by atoms with Crippen LogP contribution in [0.5, 0.6) is 5.75 Å². The van der Waals surface area contributed by atoms with E-state index < -0.39 is 26.9 Å². The van der Waals surface area contributed by atoms with Gasteiger partial charge >= 0.3 is 15.6 Å². The van der Waals surface area contributed by atoms with Crippen LogP contribution in [0.3, 0.4) is 0 Å². The zero-order valence-corrected chi connectivity index (χ0v) is 14.3. The molecule has 2 heterocycles. The van der Waals surface area contributed by atoms with E-state index in [1.54, 1.807) is 20.1 Å². The van der Waals surface area contributed by atoms with Crippen molar-refractivity contribution >= 4 is 32.9 Å². The first-order valence-corrected chi connectivity index (χ1v) is 9.08. The maximum absolute atomic E-state index is 12.5. The Labute approximate surface area is 139 Å². The number of fused-ring (bicyclic) bond motifs is 1. The molecular weight excluding hydrogens is 371 g/mol. The summed E-state index contributed by atoms with van der Waals surface area (Å²) in [5.74, 6) is -0.767. The number of aromatic nitrogens is 3. The molecule has 2 aromatic heterocycles. The summed E-state index contributed by atoms with van der Waals surface area (Å²) in [6.45, 7) is 3.35. The fourth-order valence-electron chi connectivity index (χ4n) is 1.91. The molecule has 132 valence electrons. The van der Waals surface area contributed by atoms with Gasteiger partial charge in [0.15, 0.2) is 16.6 Å². The molecule has 0 saturated carbocycles. The summed E-state index contributed by atoms with van der Waals surface area (Å²) in [4.78, 5) is 20.1. The summed E-state index contributed by atoms with van der Waals surface area (Å²) in [5.41, 5.74) is -6.37. The van der Waals surface area contributed by atoms with Gasteiger partial charge in [-0.3, -0.25) is 9.36 Å². The van der Waals surface area contributed by atoms with Crippen LogP contribution in [0.2, 0.25) is 0 Å². The van der Waals surface area contributed by atoms with E-state index in [9.17, 15) is 26.4 Å². The second-order valence-corrected chi connectivity index (χ2v) is 7.20. The summed E-state index contributed by atoms with van der Waals surface area (Å²) in [6, 6.07) is 0.311. The maximum atomic E-state index is 12.5. The van der Waals surface area contributed by atoms with Crippen molar-refractivity contribution in [3.63, 3.8) is 0 Å². The summed E-state index contributed by atoms with van der Waals surface area (Å²) >= 11 is 1.16. The van der Waals surface area contributed by atoms with Crippen molar-refractivity contribution < 1.29 is 25.8 Å². The number of halogens is 3. The van der Waals surface area contributed by atoms with Gasteiger partial charge in [-0.05, 0) is 20.1 Å². The number of thioether (sulfide) groups is 1. The van der Waals surface area contributed by atoms with Gasteiger partial charge in [-0.15, -0.1) is 0 Å². The van der Waals surface area contributed by atoms with Gasteiger partial charge < -0.3 is 4.18 Å². The number of alkyl halides is 3. The third-order valence-corrected chi connectivity index (χ3v) is 4.44. The molecule has 0 unspecified atom stereocenters. The zero-order valence-electron chi connectivity index (χ0n) is 12.7. The van der Waals surface area contributed by atoms with Crippen molar-refractivity contribution in [1.29, 1.82) is 0 Å². The van der Waals surface area contributed by atoms with Gasteiger partial charge in [0.1, 0.15) is 0 Å². The van der Waals surface area contributed by atoms with Gasteiger partial charge in [-0.25, -0.2) is 9.97 Å². The summed E-state index contributed by atoms with van der Waals surface area (Å²) in [6.07, 6.45) is 2.79. The lowest BCUT2D eigenvalue weighted by Crippen LogP contribution is -2.29. The minimum atomic E-state index is -5.92. The van der Waals surface area contributed by atoms with E-state index in [2.05, 4.69) is 14.2 Å². The lowest BCUT2D eigenvalue weighted by molar-refractivity contribution is -0.0499. The van der Waals surface area contributed by atoms with Crippen molar-refractivity contribution in [3.05, 3.63) is 22.6 Å². The summed E-state index contributed by atoms with van der Waals surface area (Å²) < 4.78 is 65.3. The molecule has 0 amide bonds. The molecule has 0 aromatic carbocycles. The zero-order chi connectivity index (χ0) is 18.3. The number of rotatable bonds is 4. The first kappa shape index (κ1) is 18.5. The van der Waals surface area contributed by atoms with Crippen LogP contribution in [0, 0.1) is 0 Å². The van der Waals surface area contributed by atoms with E-state index in [1.807, 2.05) is 0 Å². The molecule has 0 radical (unpaired) electrons. The van der Waals surface area contributed by atoms with Crippen LogP contribution in [0.15, 0.2) is 22.2 Å². The average molecular weight is 383 g/mol. The van der Waals surface area contributed by atoms with E-state index in [1.165, 1.54) is 4.57 Å². The Bertz CT molecular complexity index is 939. The summed E-state index contributed by atoms with van der Waals surface area (Å²) in [7, 11) is -5.92. The molecule has 24 heavy (non-hydrogen) atoms. The van der Waals surface area contributed by atoms with Crippen LogP contribution in [0.4, 0.5) is 13.2 Å². The van der Waals surface area contributed by atoms with Crippen molar-refractivity contribution in [1.82, 2.24) is 14.5 Å². The van der Waals surface area contributed by atoms with Crippen LogP contribution < -0.4 is 9.74 Å². The van der Waals surface area contributed by atoms with Gasteiger partial charge in [0.2, 0.25) is 0 Å². The highest BCUT2D eigenvalue weighted by Crippen LogP contribution is 2.31. The predicted molar refractivity (Wildman–Crippen MR) is 81.6 cm³/mol. The van der Waals surface area contributed by atoms with Crippen molar-refractivity contribution in [2.45, 2.75) is 30.6 Å². The largest absolute Gasteiger partial charge is 0.534 e. The molecule has 0 aliphatic rings. The third-order valence-electron chi connectivity index (χ3n) is 2.91. The van der Waals surface area contributed by atoms with E-state index in [0.29, 0.717) is 6.07 Å². The van der Waals surface area contributed by atoms with Crippen LogP contribution in [0.25, 0.3) is 11.0 Å². The molecule has 0 aliphatic heterocycles. The normalized spacial score (nSPS) is 12.8. The van der Waals surface area contributed by atoms with E-state index in [4.69, 9.17) is 0 Å². The number of hydrogen-bond donors (Lipinski definition) is 0. The Morgan fingerprint density at radius 2 is 1.96 bits per heavy atom. The topological polar surface area (TPSA) is 91.1 Å². The van der Waals surface area contributed by atoms with Crippen LogP contribution >= 0.6 is 11.8 Å². The Hall–Kier alpha value is -1.82. The third kappa shape index (κ3) is 3.34. The molecule has 12 heteroatoms. The van der Waals surface area contributed by atoms with Crippen molar-refractivity contribution in [2.75, 3.05) is 6.26 Å². The van der Waals surface area contributed by atoms with Crippen molar-refractivity contribution in [3.8, 4) is 5.75 Å². The second kappa shape index (κ2) is 6.24. The summed E-state index contributed by atoms with van der Waals surface area (Å²) in [5, 5.41) is 0.154. The lowest BCUT2D eigenvalue weighted by atomic mass is 10.2. The second-order valence-electron chi connectivity index (χ2n) is 4.89. The molecule has 0 aliphatic carbocycles. The highest BCUT2D eigenvalue weighted by molar-refractivity contribution is 7.98. The number of nitrogens with zero attached hydrogens (tertiary/aromatic N) is 3. The van der Waals surface area contributed by atoms with Gasteiger partial charge in [0.05, 0.1) is 5.39 Å². The molecule has 0 fully saturated rings. The molecule has 7 nitrogen and oxygen atoms in total. The van der Waals surface area contributed by atoms with E-state index >= 15 is 0 Å². The molecule has 2 rings (SSSR count). The molecular formula is C12H12F3N3O4S2. The molecule has 0 N–H and O–H groups in total. The van der Waals surface area contributed by atoms with Gasteiger partial charge in [-0.2, -0.15) is 21.6 Å². The standard InChI is InChI=1S/C12H12F3N3O4S2/c1-6(2)18-9(19)4-8(22-24(20,21)12(13,14)15)7-5-16-11(23-3)17-10(7)18/h4-6H,1-3H3. The molecule has 2 aromatic rings. The SMILES string of the molecule is CSc1ncc2c(OS(=O)(=O)C(F)(F)F)cc(=O)n(C(C)C)c2n1. The minimum absolute atomic E-state index is 0.00998. The van der Waals surface area contributed by atoms with Crippen LogP contribution in [-0.4, -0.2) is 34.7 Å². The Morgan fingerprint density at radius 3 is 2.46 bits per heavy atom. The Kier molecular flexibility index (Phi) is 4.81. The van der Waals surface area contributed by atoms with Gasteiger partial charge in [0.25, 0.3) is 5.56 Å². The molecule has 0 spiro atoms. The molecule has 0 saturated heterocycles. The van der Waals surface area contributed by atoms with Gasteiger partial charge in [0, 0.05) is 18.3 Å². The fourth-order valence-corrected chi connectivity index (χ4v) is 2.71. The van der Waals surface area contributed by atoms with Crippen molar-refractivity contribution in [2.24, 2.45) is 0 Å².